The van der Waals surface area contributed by atoms with Crippen LogP contribution in [-0.2, 0) is 4.79 Å². The fourth-order valence-electron chi connectivity index (χ4n) is 1.92. The van der Waals surface area contributed by atoms with Crippen molar-refractivity contribution in [2.45, 2.75) is 18.5 Å². The number of aromatic nitrogens is 1. The quantitative estimate of drug-likeness (QED) is 0.695. The van der Waals surface area contributed by atoms with Gasteiger partial charge in [0.1, 0.15) is 0 Å². The molecule has 2 N–H and O–H groups in total. The Balaban J connectivity index is 2.31. The van der Waals surface area contributed by atoms with Gasteiger partial charge in [0.15, 0.2) is 0 Å². The van der Waals surface area contributed by atoms with Crippen molar-refractivity contribution >= 4 is 5.91 Å². The number of carbonyl (C=O) groups excluding carboxylic acids is 1. The standard InChI is InChI=1S/C10H13N3O/c1-13-9(14)5-8(11)10(13)7-3-2-4-12-6-7/h2-4,6,8,10H,5,11H2,1H3/t8-,10+/m0/s1. The van der Waals surface area contributed by atoms with Crippen molar-refractivity contribution in [1.29, 1.82) is 0 Å². The smallest absolute Gasteiger partial charge is 0.224 e. The number of amides is 1. The van der Waals surface area contributed by atoms with Crippen molar-refractivity contribution in [2.24, 2.45) is 5.73 Å². The molecule has 1 fully saturated rings. The summed E-state index contributed by atoms with van der Waals surface area (Å²) in [6, 6.07) is 3.68. The summed E-state index contributed by atoms with van der Waals surface area (Å²) in [7, 11) is 1.78. The highest BCUT2D eigenvalue weighted by molar-refractivity contribution is 5.80. The second-order valence-electron chi connectivity index (χ2n) is 3.60. The van der Waals surface area contributed by atoms with Gasteiger partial charge in [0.2, 0.25) is 5.91 Å². The molecule has 0 aliphatic carbocycles. The Hall–Kier alpha value is -1.42. The van der Waals surface area contributed by atoms with E-state index in [4.69, 9.17) is 5.73 Å². The zero-order valence-corrected chi connectivity index (χ0v) is 8.05. The van der Waals surface area contributed by atoms with Crippen LogP contribution >= 0.6 is 0 Å². The SMILES string of the molecule is CN1C(=O)C[C@H](N)[C@H]1c1cccnc1. The summed E-state index contributed by atoms with van der Waals surface area (Å²) in [6.07, 6.45) is 3.90. The summed E-state index contributed by atoms with van der Waals surface area (Å²) in [5.41, 5.74) is 6.91. The van der Waals surface area contributed by atoms with Gasteiger partial charge in [-0.25, -0.2) is 0 Å². The fraction of sp³-hybridized carbons (Fsp3) is 0.400. The van der Waals surface area contributed by atoms with Crippen LogP contribution in [0.25, 0.3) is 0 Å². The summed E-state index contributed by atoms with van der Waals surface area (Å²) in [5.74, 6) is 0.103. The molecule has 0 unspecified atom stereocenters. The third kappa shape index (κ3) is 1.37. The van der Waals surface area contributed by atoms with E-state index in [0.29, 0.717) is 6.42 Å². The van der Waals surface area contributed by atoms with Gasteiger partial charge >= 0.3 is 0 Å². The van der Waals surface area contributed by atoms with E-state index in [1.165, 1.54) is 0 Å². The Bertz CT molecular complexity index is 338. The molecule has 0 bridgehead atoms. The van der Waals surface area contributed by atoms with Gasteiger partial charge in [-0.15, -0.1) is 0 Å². The number of rotatable bonds is 1. The molecule has 1 aromatic heterocycles. The molecular weight excluding hydrogens is 178 g/mol. The third-order valence-electron chi connectivity index (χ3n) is 2.65. The first-order valence-electron chi connectivity index (χ1n) is 4.61. The molecule has 1 aliphatic heterocycles. The van der Waals surface area contributed by atoms with Crippen LogP contribution in [-0.4, -0.2) is 28.9 Å². The summed E-state index contributed by atoms with van der Waals surface area (Å²) in [6.45, 7) is 0. The zero-order valence-electron chi connectivity index (χ0n) is 8.05. The molecule has 4 nitrogen and oxygen atoms in total. The molecule has 0 aromatic carbocycles. The van der Waals surface area contributed by atoms with Gasteiger partial charge in [-0.3, -0.25) is 9.78 Å². The van der Waals surface area contributed by atoms with E-state index < -0.39 is 0 Å². The minimum atomic E-state index is -0.114. The molecule has 1 amide bonds. The Kier molecular flexibility index (Phi) is 2.21. The molecule has 0 radical (unpaired) electrons. The van der Waals surface area contributed by atoms with E-state index in [0.717, 1.165) is 5.56 Å². The average Bonchev–Trinajstić information content (AvgIpc) is 2.43. The normalized spacial score (nSPS) is 27.0. The second kappa shape index (κ2) is 3.38. The van der Waals surface area contributed by atoms with Gasteiger partial charge < -0.3 is 10.6 Å². The van der Waals surface area contributed by atoms with Crippen LogP contribution in [0, 0.1) is 0 Å². The van der Waals surface area contributed by atoms with Gasteiger partial charge in [0, 0.05) is 31.9 Å². The van der Waals surface area contributed by atoms with Gasteiger partial charge in [-0.05, 0) is 11.6 Å². The number of hydrogen-bond donors (Lipinski definition) is 1. The first-order valence-corrected chi connectivity index (χ1v) is 4.61. The first-order chi connectivity index (χ1) is 6.70. The number of likely N-dealkylation sites (N-methyl/N-ethyl adjacent to an activating group) is 1. The maximum absolute atomic E-state index is 11.4. The summed E-state index contributed by atoms with van der Waals surface area (Å²) in [4.78, 5) is 17.1. The molecule has 2 rings (SSSR count). The van der Waals surface area contributed by atoms with Crippen LogP contribution in [0.1, 0.15) is 18.0 Å². The van der Waals surface area contributed by atoms with Crippen LogP contribution < -0.4 is 5.73 Å². The van der Waals surface area contributed by atoms with Gasteiger partial charge in [-0.2, -0.15) is 0 Å². The summed E-state index contributed by atoms with van der Waals surface area (Å²) in [5, 5.41) is 0. The molecule has 0 spiro atoms. The van der Waals surface area contributed by atoms with E-state index in [-0.39, 0.29) is 18.0 Å². The minimum Gasteiger partial charge on any atom is -0.337 e. The van der Waals surface area contributed by atoms with Crippen LogP contribution in [0.15, 0.2) is 24.5 Å². The molecule has 4 heteroatoms. The minimum absolute atomic E-state index is 0.0174. The largest absolute Gasteiger partial charge is 0.337 e. The predicted molar refractivity (Wildman–Crippen MR) is 52.3 cm³/mol. The predicted octanol–water partition coefficient (Wildman–Crippen LogP) is 0.312. The van der Waals surface area contributed by atoms with Crippen LogP contribution in [0.3, 0.4) is 0 Å². The molecule has 14 heavy (non-hydrogen) atoms. The van der Waals surface area contributed by atoms with Crippen molar-refractivity contribution in [2.75, 3.05) is 7.05 Å². The lowest BCUT2D eigenvalue weighted by Gasteiger charge is -2.22. The monoisotopic (exact) mass is 191 g/mol. The maximum atomic E-state index is 11.4. The highest BCUT2D eigenvalue weighted by atomic mass is 16.2. The lowest BCUT2D eigenvalue weighted by Crippen LogP contribution is -2.30. The van der Waals surface area contributed by atoms with Crippen LogP contribution in [0.2, 0.25) is 0 Å². The van der Waals surface area contributed by atoms with Crippen molar-refractivity contribution in [3.05, 3.63) is 30.1 Å². The molecule has 1 aliphatic rings. The topological polar surface area (TPSA) is 59.2 Å². The molecule has 1 saturated heterocycles. The molecule has 74 valence electrons. The van der Waals surface area contributed by atoms with Crippen molar-refractivity contribution in [3.63, 3.8) is 0 Å². The van der Waals surface area contributed by atoms with E-state index in [2.05, 4.69) is 4.98 Å². The van der Waals surface area contributed by atoms with E-state index >= 15 is 0 Å². The number of pyridine rings is 1. The summed E-state index contributed by atoms with van der Waals surface area (Å²) < 4.78 is 0. The number of nitrogens with zero attached hydrogens (tertiary/aromatic N) is 2. The number of likely N-dealkylation sites (tertiary alicyclic amines) is 1. The van der Waals surface area contributed by atoms with Crippen LogP contribution in [0.5, 0.6) is 0 Å². The lowest BCUT2D eigenvalue weighted by atomic mass is 10.0. The zero-order chi connectivity index (χ0) is 10.1. The number of carbonyl (C=O) groups is 1. The molecule has 0 saturated carbocycles. The van der Waals surface area contributed by atoms with E-state index in [1.54, 1.807) is 24.3 Å². The van der Waals surface area contributed by atoms with Crippen LogP contribution in [0.4, 0.5) is 0 Å². The third-order valence-corrected chi connectivity index (χ3v) is 2.65. The fourth-order valence-corrected chi connectivity index (χ4v) is 1.92. The van der Waals surface area contributed by atoms with Gasteiger partial charge in [0.25, 0.3) is 0 Å². The highest BCUT2D eigenvalue weighted by Crippen LogP contribution is 2.29. The van der Waals surface area contributed by atoms with Crippen molar-refractivity contribution in [3.8, 4) is 0 Å². The lowest BCUT2D eigenvalue weighted by molar-refractivity contribution is -0.127. The van der Waals surface area contributed by atoms with Crippen molar-refractivity contribution < 1.29 is 4.79 Å². The van der Waals surface area contributed by atoms with Crippen molar-refractivity contribution in [1.82, 2.24) is 9.88 Å². The van der Waals surface area contributed by atoms with Gasteiger partial charge in [0.05, 0.1) is 6.04 Å². The number of nitrogens with two attached hydrogens (primary N) is 1. The maximum Gasteiger partial charge on any atom is 0.224 e. The highest BCUT2D eigenvalue weighted by Gasteiger charge is 2.35. The Labute approximate surface area is 82.7 Å². The van der Waals surface area contributed by atoms with E-state index in [1.807, 2.05) is 12.1 Å². The Morgan fingerprint density at radius 1 is 1.64 bits per heavy atom. The molecular formula is C10H13N3O. The summed E-state index contributed by atoms with van der Waals surface area (Å²) >= 11 is 0. The van der Waals surface area contributed by atoms with Gasteiger partial charge in [-0.1, -0.05) is 6.07 Å². The number of hydrogen-bond acceptors (Lipinski definition) is 3. The Morgan fingerprint density at radius 3 is 2.93 bits per heavy atom. The molecule has 1 aromatic rings. The van der Waals surface area contributed by atoms with E-state index in [9.17, 15) is 4.79 Å². The first kappa shape index (κ1) is 9.15. The Morgan fingerprint density at radius 2 is 2.43 bits per heavy atom. The molecule has 2 heterocycles. The molecule has 2 atom stereocenters. The average molecular weight is 191 g/mol. The second-order valence-corrected chi connectivity index (χ2v) is 3.60.